The van der Waals surface area contributed by atoms with Gasteiger partial charge in [0, 0.05) is 18.0 Å². The molecule has 0 radical (unpaired) electrons. The Labute approximate surface area is 111 Å². The summed E-state index contributed by atoms with van der Waals surface area (Å²) in [5.41, 5.74) is -0.178. The second-order valence-corrected chi connectivity index (χ2v) is 5.36. The molecule has 1 aromatic carbocycles. The predicted octanol–water partition coefficient (Wildman–Crippen LogP) is 4.40. The van der Waals surface area contributed by atoms with Gasteiger partial charge in [-0.15, -0.1) is 0 Å². The first kappa shape index (κ1) is 11.5. The largest absolute Gasteiger partial charge is 0.431 e. The summed E-state index contributed by atoms with van der Waals surface area (Å²) in [5, 5.41) is 0.590. The molecule has 80 valence electrons. The molecule has 0 amide bonds. The van der Waals surface area contributed by atoms with Crippen LogP contribution < -0.4 is 0 Å². The number of benzene rings is 1. The summed E-state index contributed by atoms with van der Waals surface area (Å²) in [5.74, 6) is 0. The van der Waals surface area contributed by atoms with Crippen LogP contribution in [0.15, 0.2) is 18.2 Å². The molecule has 2 rings (SSSR count). The average Bonchev–Trinajstić information content (AvgIpc) is 2.47. The highest BCUT2D eigenvalue weighted by atomic mass is 127. The minimum atomic E-state index is -4.31. The molecule has 1 nitrogen and oxygen atoms in total. The van der Waals surface area contributed by atoms with Gasteiger partial charge in [0.25, 0.3) is 0 Å². The van der Waals surface area contributed by atoms with Crippen molar-refractivity contribution in [3.05, 3.63) is 31.0 Å². The molecule has 6 heteroatoms. The van der Waals surface area contributed by atoms with Crippen molar-refractivity contribution >= 4 is 56.1 Å². The van der Waals surface area contributed by atoms with Gasteiger partial charge in [-0.05, 0) is 63.4 Å². The first-order valence-electron chi connectivity index (χ1n) is 3.93. The van der Waals surface area contributed by atoms with Crippen LogP contribution in [-0.4, -0.2) is 4.98 Å². The zero-order valence-electron chi connectivity index (χ0n) is 7.12. The minimum Gasteiger partial charge on any atom is -0.351 e. The van der Waals surface area contributed by atoms with E-state index in [2.05, 4.69) is 50.2 Å². The highest BCUT2D eigenvalue weighted by Gasteiger charge is 2.32. The van der Waals surface area contributed by atoms with E-state index in [1.54, 1.807) is 12.1 Å². The lowest BCUT2D eigenvalue weighted by Crippen LogP contribution is -2.04. The van der Waals surface area contributed by atoms with Gasteiger partial charge in [0.05, 0.1) is 0 Å². The van der Waals surface area contributed by atoms with Crippen molar-refractivity contribution in [1.82, 2.24) is 4.98 Å². The van der Waals surface area contributed by atoms with Gasteiger partial charge in [-0.1, -0.05) is 0 Å². The molecule has 0 spiro atoms. The fourth-order valence-electron chi connectivity index (χ4n) is 1.28. The summed E-state index contributed by atoms with van der Waals surface area (Å²) in [6.45, 7) is 0. The van der Waals surface area contributed by atoms with E-state index >= 15 is 0 Å². The summed E-state index contributed by atoms with van der Waals surface area (Å²) in [6, 6.07) is 4.59. The van der Waals surface area contributed by atoms with Crippen molar-refractivity contribution in [3.8, 4) is 0 Å². The Morgan fingerprint density at radius 1 is 1.00 bits per heavy atom. The summed E-state index contributed by atoms with van der Waals surface area (Å²) >= 11 is 4.19. The molecule has 2 aromatic rings. The van der Waals surface area contributed by atoms with E-state index in [0.717, 1.165) is 13.2 Å². The lowest BCUT2D eigenvalue weighted by Gasteiger charge is -2.00. The number of aromatic amines is 1. The lowest BCUT2D eigenvalue weighted by molar-refractivity contribution is -0.140. The monoisotopic (exact) mass is 437 g/mol. The van der Waals surface area contributed by atoms with Gasteiger partial charge in [0.1, 0.15) is 5.69 Å². The predicted molar refractivity (Wildman–Crippen MR) is 68.7 cm³/mol. The van der Waals surface area contributed by atoms with Crippen LogP contribution >= 0.6 is 45.2 Å². The molecule has 0 atom stereocenters. The van der Waals surface area contributed by atoms with Crippen LogP contribution in [0.4, 0.5) is 13.2 Å². The van der Waals surface area contributed by atoms with Gasteiger partial charge < -0.3 is 4.98 Å². The highest BCUT2D eigenvalue weighted by Crippen LogP contribution is 2.32. The van der Waals surface area contributed by atoms with E-state index in [1.165, 1.54) is 0 Å². The van der Waals surface area contributed by atoms with Crippen LogP contribution in [0.25, 0.3) is 10.9 Å². The molecule has 0 bridgehead atoms. The van der Waals surface area contributed by atoms with E-state index in [4.69, 9.17) is 0 Å². The molecule has 0 unspecified atom stereocenters. The minimum absolute atomic E-state index is 0.521. The van der Waals surface area contributed by atoms with Crippen LogP contribution in [0.3, 0.4) is 0 Å². The number of rotatable bonds is 0. The Kier molecular flexibility index (Phi) is 2.91. The number of aromatic nitrogens is 1. The number of H-pyrrole nitrogens is 1. The molecule has 15 heavy (non-hydrogen) atoms. The van der Waals surface area contributed by atoms with Crippen LogP contribution in [0, 0.1) is 7.14 Å². The van der Waals surface area contributed by atoms with Gasteiger partial charge in [-0.2, -0.15) is 13.2 Å². The third-order valence-electron chi connectivity index (χ3n) is 1.97. The fourth-order valence-corrected chi connectivity index (χ4v) is 2.24. The van der Waals surface area contributed by atoms with Crippen molar-refractivity contribution in [2.75, 3.05) is 0 Å². The molecule has 0 aliphatic rings. The fraction of sp³-hybridized carbons (Fsp3) is 0.111. The first-order chi connectivity index (χ1) is 6.88. The SMILES string of the molecule is FC(F)(F)c1cc2cc(I)c(I)cc2[nH]1. The second kappa shape index (κ2) is 3.79. The molecule has 1 heterocycles. The van der Waals surface area contributed by atoms with Gasteiger partial charge >= 0.3 is 6.18 Å². The maximum Gasteiger partial charge on any atom is 0.431 e. The number of fused-ring (bicyclic) bond motifs is 1. The van der Waals surface area contributed by atoms with Crippen molar-refractivity contribution in [2.45, 2.75) is 6.18 Å². The number of halogens is 5. The summed E-state index contributed by atoms with van der Waals surface area (Å²) < 4.78 is 39.1. The third kappa shape index (κ3) is 2.24. The van der Waals surface area contributed by atoms with E-state index in [1.807, 2.05) is 0 Å². The van der Waals surface area contributed by atoms with E-state index in [9.17, 15) is 13.2 Å². The Morgan fingerprint density at radius 3 is 2.20 bits per heavy atom. The molecule has 0 fully saturated rings. The average molecular weight is 437 g/mol. The molecule has 0 saturated heterocycles. The zero-order valence-corrected chi connectivity index (χ0v) is 11.4. The Hall–Kier alpha value is 0.01000. The highest BCUT2D eigenvalue weighted by molar-refractivity contribution is 14.1. The first-order valence-corrected chi connectivity index (χ1v) is 6.08. The molecular formula is C9H4F3I2N. The normalized spacial score (nSPS) is 12.3. The van der Waals surface area contributed by atoms with E-state index in [-0.39, 0.29) is 0 Å². The van der Waals surface area contributed by atoms with Crippen LogP contribution in [0.1, 0.15) is 5.69 Å². The van der Waals surface area contributed by atoms with Crippen LogP contribution in [0.5, 0.6) is 0 Å². The maximum absolute atomic E-state index is 12.4. The smallest absolute Gasteiger partial charge is 0.351 e. The molecule has 0 aliphatic carbocycles. The number of hydrogen-bond donors (Lipinski definition) is 1. The molecular weight excluding hydrogens is 433 g/mol. The van der Waals surface area contributed by atoms with Crippen molar-refractivity contribution < 1.29 is 13.2 Å². The van der Waals surface area contributed by atoms with E-state index in [0.29, 0.717) is 10.9 Å². The number of nitrogens with one attached hydrogen (secondary N) is 1. The van der Waals surface area contributed by atoms with Crippen molar-refractivity contribution in [1.29, 1.82) is 0 Å². The Morgan fingerprint density at radius 2 is 1.60 bits per heavy atom. The quantitative estimate of drug-likeness (QED) is 0.589. The van der Waals surface area contributed by atoms with Crippen LogP contribution in [0.2, 0.25) is 0 Å². The summed E-state index contributed by atoms with van der Waals surface area (Å²) in [7, 11) is 0. The van der Waals surface area contributed by atoms with Gasteiger partial charge in [-0.3, -0.25) is 0 Å². The number of alkyl halides is 3. The van der Waals surface area contributed by atoms with Gasteiger partial charge in [-0.25, -0.2) is 0 Å². The molecule has 1 aromatic heterocycles. The standard InChI is InChI=1S/C9H4F3I2N/c10-9(11,12)8-2-4-1-5(13)6(14)3-7(4)15-8/h1-3,15H. The maximum atomic E-state index is 12.4. The molecule has 1 N–H and O–H groups in total. The van der Waals surface area contributed by atoms with Crippen molar-refractivity contribution in [3.63, 3.8) is 0 Å². The summed E-state index contributed by atoms with van der Waals surface area (Å²) in [6.07, 6.45) is -4.31. The molecule has 0 aliphatic heterocycles. The second-order valence-electron chi connectivity index (χ2n) is 3.03. The Bertz CT molecular complexity index is 477. The number of hydrogen-bond acceptors (Lipinski definition) is 0. The third-order valence-corrected chi connectivity index (χ3v) is 4.78. The van der Waals surface area contributed by atoms with Crippen LogP contribution in [-0.2, 0) is 6.18 Å². The topological polar surface area (TPSA) is 15.8 Å². The van der Waals surface area contributed by atoms with Gasteiger partial charge in [0.2, 0.25) is 0 Å². The lowest BCUT2D eigenvalue weighted by atomic mass is 10.2. The Balaban J connectivity index is 2.66. The van der Waals surface area contributed by atoms with E-state index < -0.39 is 11.9 Å². The summed E-state index contributed by atoms with van der Waals surface area (Å²) in [4.78, 5) is 2.37. The van der Waals surface area contributed by atoms with Crippen molar-refractivity contribution in [2.24, 2.45) is 0 Å². The zero-order chi connectivity index (χ0) is 11.2. The molecule has 0 saturated carbocycles. The van der Waals surface area contributed by atoms with Gasteiger partial charge in [0.15, 0.2) is 0 Å².